The molecule has 2 aromatic rings. The minimum Gasteiger partial charge on any atom is -0.480 e. The zero-order valence-corrected chi connectivity index (χ0v) is 15.0. The average molecular weight is 367 g/mol. The fraction of sp³-hybridized carbons (Fsp3) is 0.300. The maximum atomic E-state index is 12.4. The number of nitrogens with zero attached hydrogens (tertiary/aromatic N) is 2. The number of amides is 2. The number of anilines is 1. The Bertz CT molecular complexity index is 845. The molecule has 1 aliphatic rings. The van der Waals surface area contributed by atoms with E-state index in [1.807, 2.05) is 0 Å². The molecule has 2 N–H and O–H groups in total. The summed E-state index contributed by atoms with van der Waals surface area (Å²) in [6, 6.07) is 10.5. The van der Waals surface area contributed by atoms with Crippen molar-refractivity contribution >= 4 is 23.5 Å². The van der Waals surface area contributed by atoms with Crippen LogP contribution >= 0.6 is 0 Å². The molecule has 0 bridgehead atoms. The van der Waals surface area contributed by atoms with Gasteiger partial charge < -0.3 is 15.3 Å². The zero-order chi connectivity index (χ0) is 19.4. The summed E-state index contributed by atoms with van der Waals surface area (Å²) in [5.74, 6) is -1.64. The van der Waals surface area contributed by atoms with Crippen LogP contribution < -0.4 is 10.2 Å². The van der Waals surface area contributed by atoms with Crippen LogP contribution in [-0.4, -0.2) is 34.9 Å². The highest BCUT2D eigenvalue weighted by Gasteiger charge is 2.50. The molecule has 27 heavy (non-hydrogen) atoms. The van der Waals surface area contributed by atoms with Crippen LogP contribution in [0.3, 0.4) is 0 Å². The van der Waals surface area contributed by atoms with Gasteiger partial charge in [-0.1, -0.05) is 18.6 Å². The number of rotatable bonds is 6. The van der Waals surface area contributed by atoms with Crippen molar-refractivity contribution < 1.29 is 19.5 Å². The lowest BCUT2D eigenvalue weighted by atomic mass is 9.68. The lowest BCUT2D eigenvalue weighted by Gasteiger charge is -2.35. The van der Waals surface area contributed by atoms with Crippen molar-refractivity contribution in [2.24, 2.45) is 5.41 Å². The summed E-state index contributed by atoms with van der Waals surface area (Å²) in [6.45, 7) is 0.246. The minimum atomic E-state index is -1.27. The Hall–Kier alpha value is -3.22. The Labute approximate surface area is 157 Å². The van der Waals surface area contributed by atoms with E-state index < -0.39 is 17.3 Å². The molecule has 0 unspecified atom stereocenters. The molecular weight excluding hydrogens is 346 g/mol. The van der Waals surface area contributed by atoms with Crippen molar-refractivity contribution in [2.45, 2.75) is 25.8 Å². The summed E-state index contributed by atoms with van der Waals surface area (Å²) < 4.78 is 0. The summed E-state index contributed by atoms with van der Waals surface area (Å²) in [4.78, 5) is 41.5. The van der Waals surface area contributed by atoms with E-state index in [1.165, 1.54) is 4.90 Å². The van der Waals surface area contributed by atoms with Gasteiger partial charge in [0.1, 0.15) is 5.41 Å². The fourth-order valence-electron chi connectivity index (χ4n) is 3.06. The number of carboxylic acids is 1. The first-order valence-electron chi connectivity index (χ1n) is 8.73. The Morgan fingerprint density at radius 3 is 2.26 bits per heavy atom. The van der Waals surface area contributed by atoms with Crippen LogP contribution in [0.2, 0.25) is 0 Å². The van der Waals surface area contributed by atoms with Gasteiger partial charge in [-0.25, -0.2) is 0 Å². The molecule has 0 aliphatic heterocycles. The number of carbonyl (C=O) groups excluding carboxylic acids is 2. The molecule has 1 aliphatic carbocycles. The van der Waals surface area contributed by atoms with Crippen molar-refractivity contribution in [1.82, 2.24) is 10.3 Å². The van der Waals surface area contributed by atoms with E-state index in [9.17, 15) is 19.5 Å². The zero-order valence-electron chi connectivity index (χ0n) is 15.0. The third-order valence-electron chi connectivity index (χ3n) is 5.06. The highest BCUT2D eigenvalue weighted by Crippen LogP contribution is 2.41. The number of carboxylic acid groups (broad SMARTS) is 1. The summed E-state index contributed by atoms with van der Waals surface area (Å²) in [6.07, 6.45) is 4.66. The van der Waals surface area contributed by atoms with E-state index in [1.54, 1.807) is 55.8 Å². The van der Waals surface area contributed by atoms with Crippen molar-refractivity contribution in [2.75, 3.05) is 11.9 Å². The van der Waals surface area contributed by atoms with E-state index in [-0.39, 0.29) is 12.5 Å². The number of benzene rings is 1. The van der Waals surface area contributed by atoms with Gasteiger partial charge in [-0.15, -0.1) is 0 Å². The summed E-state index contributed by atoms with van der Waals surface area (Å²) in [5, 5.41) is 12.0. The van der Waals surface area contributed by atoms with Gasteiger partial charge in [0.15, 0.2) is 0 Å². The van der Waals surface area contributed by atoms with Crippen LogP contribution in [-0.2, 0) is 16.1 Å². The van der Waals surface area contributed by atoms with Gasteiger partial charge in [0.05, 0.1) is 0 Å². The molecule has 2 amide bonds. The van der Waals surface area contributed by atoms with E-state index in [0.29, 0.717) is 24.1 Å². The summed E-state index contributed by atoms with van der Waals surface area (Å²) in [7, 11) is 1.69. The largest absolute Gasteiger partial charge is 0.480 e. The molecule has 1 aromatic carbocycles. The van der Waals surface area contributed by atoms with Gasteiger partial charge in [0.2, 0.25) is 5.91 Å². The first kappa shape index (κ1) is 18.6. The molecular formula is C20H21N3O4. The fourth-order valence-corrected chi connectivity index (χ4v) is 3.06. The normalized spacial score (nSPS) is 14.7. The smallest absolute Gasteiger partial charge is 0.319 e. The maximum Gasteiger partial charge on any atom is 0.319 e. The Morgan fingerprint density at radius 1 is 1.11 bits per heavy atom. The first-order chi connectivity index (χ1) is 12.9. The van der Waals surface area contributed by atoms with Crippen molar-refractivity contribution in [3.8, 4) is 0 Å². The molecule has 0 saturated heterocycles. The van der Waals surface area contributed by atoms with Gasteiger partial charge in [-0.05, 0) is 42.7 Å². The molecule has 3 rings (SSSR count). The lowest BCUT2D eigenvalue weighted by Crippen LogP contribution is -2.50. The van der Waals surface area contributed by atoms with Crippen molar-refractivity contribution in [1.29, 1.82) is 0 Å². The summed E-state index contributed by atoms with van der Waals surface area (Å²) >= 11 is 0. The van der Waals surface area contributed by atoms with E-state index in [2.05, 4.69) is 10.3 Å². The number of carbonyl (C=O) groups is 3. The molecule has 1 fully saturated rings. The number of nitrogens with one attached hydrogen (secondary N) is 1. The predicted molar refractivity (Wildman–Crippen MR) is 99.2 cm³/mol. The first-order valence-corrected chi connectivity index (χ1v) is 8.73. The topological polar surface area (TPSA) is 99.6 Å². The minimum absolute atomic E-state index is 0.146. The number of aliphatic carboxylic acids is 1. The molecule has 0 spiro atoms. The highest BCUT2D eigenvalue weighted by molar-refractivity contribution is 6.05. The number of pyridine rings is 1. The van der Waals surface area contributed by atoms with Gasteiger partial charge >= 0.3 is 5.97 Å². The van der Waals surface area contributed by atoms with Crippen molar-refractivity contribution in [3.05, 3.63) is 59.9 Å². The molecule has 7 nitrogen and oxygen atoms in total. The second-order valence-electron chi connectivity index (χ2n) is 6.69. The number of hydrogen-bond donors (Lipinski definition) is 2. The van der Waals surface area contributed by atoms with E-state index in [0.717, 1.165) is 12.0 Å². The number of aromatic nitrogens is 1. The van der Waals surface area contributed by atoms with Crippen LogP contribution in [0.15, 0.2) is 48.8 Å². The second kappa shape index (κ2) is 7.57. The molecule has 1 saturated carbocycles. The van der Waals surface area contributed by atoms with Crippen LogP contribution in [0, 0.1) is 5.41 Å². The van der Waals surface area contributed by atoms with Crippen molar-refractivity contribution in [3.63, 3.8) is 0 Å². The Kier molecular flexibility index (Phi) is 5.21. The monoisotopic (exact) mass is 367 g/mol. The van der Waals surface area contributed by atoms with Gasteiger partial charge in [0.25, 0.3) is 5.91 Å². The number of hydrogen-bond acceptors (Lipinski definition) is 4. The third-order valence-corrected chi connectivity index (χ3v) is 5.06. The lowest BCUT2D eigenvalue weighted by molar-refractivity contribution is -0.162. The predicted octanol–water partition coefficient (Wildman–Crippen LogP) is 2.23. The Balaban J connectivity index is 1.61. The van der Waals surface area contributed by atoms with Crippen LogP contribution in [0.25, 0.3) is 0 Å². The maximum absolute atomic E-state index is 12.4. The van der Waals surface area contributed by atoms with Crippen LogP contribution in [0.4, 0.5) is 5.69 Å². The van der Waals surface area contributed by atoms with Gasteiger partial charge in [0, 0.05) is 37.2 Å². The molecule has 0 atom stereocenters. The van der Waals surface area contributed by atoms with E-state index in [4.69, 9.17) is 0 Å². The van der Waals surface area contributed by atoms with Crippen LogP contribution in [0.1, 0.15) is 35.2 Å². The standard InChI is InChI=1S/C20H21N3O4/c1-23(17(24)15-7-11-21-12-8-15)16-5-3-14(4-6-16)13-22-18(25)20(19(26)27)9-2-10-20/h3-8,11-12H,2,9-10,13H2,1H3,(H,22,25)(H,26,27). The molecule has 1 heterocycles. The average Bonchev–Trinajstić information content (AvgIpc) is 2.65. The molecule has 7 heteroatoms. The Morgan fingerprint density at radius 2 is 1.74 bits per heavy atom. The highest BCUT2D eigenvalue weighted by atomic mass is 16.4. The molecule has 1 aromatic heterocycles. The SMILES string of the molecule is CN(C(=O)c1ccncc1)c1ccc(CNC(=O)C2(C(=O)O)CCC2)cc1. The second-order valence-corrected chi connectivity index (χ2v) is 6.69. The third kappa shape index (κ3) is 3.67. The van der Waals surface area contributed by atoms with Crippen LogP contribution in [0.5, 0.6) is 0 Å². The van der Waals surface area contributed by atoms with Gasteiger partial charge in [-0.3, -0.25) is 19.4 Å². The quantitative estimate of drug-likeness (QED) is 0.763. The van der Waals surface area contributed by atoms with Gasteiger partial charge in [-0.2, -0.15) is 0 Å². The molecule has 0 radical (unpaired) electrons. The summed E-state index contributed by atoms with van der Waals surface area (Å²) in [5.41, 5.74) is 0.824. The van der Waals surface area contributed by atoms with E-state index >= 15 is 0 Å². The molecule has 140 valence electrons.